The van der Waals surface area contributed by atoms with E-state index < -0.39 is 0 Å². The van der Waals surface area contributed by atoms with Gasteiger partial charge >= 0.3 is 0 Å². The van der Waals surface area contributed by atoms with Gasteiger partial charge in [0.05, 0.1) is 30.5 Å². The number of aryl methyl sites for hydroxylation is 1. The summed E-state index contributed by atoms with van der Waals surface area (Å²) < 4.78 is 5.29. The first-order valence-corrected chi connectivity index (χ1v) is 10.7. The summed E-state index contributed by atoms with van der Waals surface area (Å²) in [7, 11) is 0. The highest BCUT2D eigenvalue weighted by atomic mass is 32.1. The Labute approximate surface area is 169 Å². The zero-order chi connectivity index (χ0) is 19.5. The van der Waals surface area contributed by atoms with Gasteiger partial charge in [-0.3, -0.25) is 4.79 Å². The van der Waals surface area contributed by atoms with Crippen LogP contribution in [0.5, 0.6) is 0 Å². The van der Waals surface area contributed by atoms with Crippen LogP contribution in [0.1, 0.15) is 57.4 Å². The predicted octanol–water partition coefficient (Wildman–Crippen LogP) is 3.18. The highest BCUT2D eigenvalue weighted by Gasteiger charge is 2.34. The average Bonchev–Trinajstić information content (AvgIpc) is 3.35. The smallest absolute Gasteiger partial charge is 0.291 e. The third-order valence-corrected chi connectivity index (χ3v) is 6.80. The molecule has 6 heteroatoms. The van der Waals surface area contributed by atoms with Crippen molar-refractivity contribution in [2.45, 2.75) is 39.2 Å². The number of amides is 1. The monoisotopic (exact) mass is 397 g/mol. The van der Waals surface area contributed by atoms with E-state index >= 15 is 0 Å². The molecule has 1 aliphatic rings. The van der Waals surface area contributed by atoms with Gasteiger partial charge in [-0.2, -0.15) is 0 Å². The van der Waals surface area contributed by atoms with Crippen molar-refractivity contribution in [2.24, 2.45) is 0 Å². The van der Waals surface area contributed by atoms with Crippen LogP contribution in [0.3, 0.4) is 0 Å². The van der Waals surface area contributed by atoms with Gasteiger partial charge in [-0.15, -0.1) is 11.3 Å². The number of furan rings is 1. The van der Waals surface area contributed by atoms with Crippen LogP contribution in [0.25, 0.3) is 0 Å². The van der Waals surface area contributed by atoms with E-state index in [0.29, 0.717) is 5.76 Å². The van der Waals surface area contributed by atoms with Crippen LogP contribution in [0.15, 0.2) is 47.3 Å². The Morgan fingerprint density at radius 3 is 2.71 bits per heavy atom. The average molecular weight is 398 g/mol. The largest absolute Gasteiger partial charge is 0.459 e. The number of likely N-dealkylation sites (tertiary alicyclic amines) is 1. The van der Waals surface area contributed by atoms with E-state index in [1.54, 1.807) is 28.4 Å². The summed E-state index contributed by atoms with van der Waals surface area (Å²) in [4.78, 5) is 18.7. The van der Waals surface area contributed by atoms with Crippen molar-refractivity contribution < 1.29 is 19.1 Å². The number of hydrogen-bond acceptors (Lipinski definition) is 3. The Kier molecular flexibility index (Phi) is 5.59. The van der Waals surface area contributed by atoms with Gasteiger partial charge in [0.2, 0.25) is 0 Å². The molecule has 3 aromatic heterocycles. The van der Waals surface area contributed by atoms with E-state index in [-0.39, 0.29) is 11.9 Å². The summed E-state index contributed by atoms with van der Waals surface area (Å²) in [5.41, 5.74) is 3.76. The molecule has 3 aromatic rings. The molecule has 1 fully saturated rings. The molecule has 146 valence electrons. The van der Waals surface area contributed by atoms with Crippen molar-refractivity contribution in [3.63, 3.8) is 0 Å². The fourth-order valence-electron chi connectivity index (χ4n) is 4.15. The molecule has 1 atom stereocenters. The number of thiophene rings is 1. The molecule has 28 heavy (non-hydrogen) atoms. The summed E-state index contributed by atoms with van der Waals surface area (Å²) >= 11 is 1.66. The maximum absolute atomic E-state index is 12.7. The molecular weight excluding hydrogens is 370 g/mol. The molecule has 0 spiro atoms. The lowest BCUT2D eigenvalue weighted by Gasteiger charge is -2.32. The summed E-state index contributed by atoms with van der Waals surface area (Å²) in [5.74, 6) is 0.143. The Hall–Kier alpha value is -2.44. The maximum atomic E-state index is 12.7. The molecule has 1 aliphatic heterocycles. The lowest BCUT2D eigenvalue weighted by atomic mass is 9.94. The van der Waals surface area contributed by atoms with E-state index in [2.05, 4.69) is 42.5 Å². The van der Waals surface area contributed by atoms with Gasteiger partial charge < -0.3 is 14.6 Å². The minimum absolute atomic E-state index is 0.195. The molecule has 0 aromatic carbocycles. The van der Waals surface area contributed by atoms with Gasteiger partial charge in [0.15, 0.2) is 18.2 Å². The number of quaternary nitrogens is 1. The van der Waals surface area contributed by atoms with Crippen molar-refractivity contribution in [1.82, 2.24) is 0 Å². The SMILES string of the molecule is Cc1sc(NC(=O)c2ccco2)c(C(c2ccc[nH+]c2)[NH+]2CCCCC2)c1C. The number of aromatic amines is 1. The first kappa shape index (κ1) is 18.9. The first-order valence-electron chi connectivity index (χ1n) is 9.90. The summed E-state index contributed by atoms with van der Waals surface area (Å²) in [6.45, 7) is 6.61. The number of hydrogen-bond donors (Lipinski definition) is 2. The Balaban J connectivity index is 1.76. The Bertz CT molecular complexity index is 928. The topological polar surface area (TPSA) is 60.8 Å². The normalized spacial score (nSPS) is 16.1. The summed E-state index contributed by atoms with van der Waals surface area (Å²) in [6, 6.07) is 7.88. The van der Waals surface area contributed by atoms with Gasteiger partial charge in [-0.05, 0) is 56.9 Å². The lowest BCUT2D eigenvalue weighted by molar-refractivity contribution is -0.930. The van der Waals surface area contributed by atoms with Crippen LogP contribution in [-0.4, -0.2) is 19.0 Å². The van der Waals surface area contributed by atoms with Gasteiger partial charge in [-0.1, -0.05) is 0 Å². The standard InChI is InChI=1S/C22H25N3O2S/c1-15-16(2)28-22(24-21(26)18-9-7-13-27-18)19(15)20(17-8-6-10-23-14-17)25-11-4-3-5-12-25/h6-10,13-14,20H,3-5,11-12H2,1-2H3,(H,24,26)/p+2. The highest BCUT2D eigenvalue weighted by molar-refractivity contribution is 7.16. The van der Waals surface area contributed by atoms with Crippen molar-refractivity contribution in [3.8, 4) is 0 Å². The maximum Gasteiger partial charge on any atom is 0.291 e. The number of anilines is 1. The van der Waals surface area contributed by atoms with Crippen molar-refractivity contribution in [2.75, 3.05) is 18.4 Å². The molecule has 0 bridgehead atoms. The molecule has 0 radical (unpaired) electrons. The molecule has 3 N–H and O–H groups in total. The zero-order valence-corrected chi connectivity index (χ0v) is 17.2. The second-order valence-corrected chi connectivity index (χ2v) is 8.67. The number of rotatable bonds is 5. The predicted molar refractivity (Wildman–Crippen MR) is 110 cm³/mol. The van der Waals surface area contributed by atoms with Gasteiger partial charge in [0.25, 0.3) is 5.91 Å². The van der Waals surface area contributed by atoms with E-state index in [1.165, 1.54) is 47.1 Å². The molecular formula is C22H27N3O2S+2. The van der Waals surface area contributed by atoms with E-state index in [4.69, 9.17) is 4.42 Å². The van der Waals surface area contributed by atoms with Crippen molar-refractivity contribution >= 4 is 22.2 Å². The minimum Gasteiger partial charge on any atom is -0.459 e. The van der Waals surface area contributed by atoms with Crippen LogP contribution in [-0.2, 0) is 0 Å². The van der Waals surface area contributed by atoms with Gasteiger partial charge in [0, 0.05) is 10.9 Å². The van der Waals surface area contributed by atoms with Crippen LogP contribution in [0.2, 0.25) is 0 Å². The molecule has 4 rings (SSSR count). The fourth-order valence-corrected chi connectivity index (χ4v) is 5.24. The number of piperidine rings is 1. The van der Waals surface area contributed by atoms with Crippen LogP contribution < -0.4 is 15.2 Å². The second-order valence-electron chi connectivity index (χ2n) is 7.45. The number of carbonyl (C=O) groups excluding carboxylic acids is 1. The number of aromatic nitrogens is 1. The Morgan fingerprint density at radius 2 is 2.04 bits per heavy atom. The zero-order valence-electron chi connectivity index (χ0n) is 16.4. The quantitative estimate of drug-likeness (QED) is 0.695. The van der Waals surface area contributed by atoms with Crippen molar-refractivity contribution in [3.05, 3.63) is 70.3 Å². The van der Waals surface area contributed by atoms with Crippen LogP contribution in [0.4, 0.5) is 5.00 Å². The molecule has 0 saturated carbocycles. The second kappa shape index (κ2) is 8.29. The number of nitrogens with one attached hydrogen (secondary N) is 3. The highest BCUT2D eigenvalue weighted by Crippen LogP contribution is 2.38. The van der Waals surface area contributed by atoms with Crippen LogP contribution >= 0.6 is 11.3 Å². The number of H-pyrrole nitrogens is 1. The first-order chi connectivity index (χ1) is 13.6. The van der Waals surface area contributed by atoms with Gasteiger partial charge in [0.1, 0.15) is 11.0 Å². The minimum atomic E-state index is -0.195. The third kappa shape index (κ3) is 3.75. The lowest BCUT2D eigenvalue weighted by Crippen LogP contribution is -3.13. The van der Waals surface area contributed by atoms with E-state index in [0.717, 1.165) is 18.1 Å². The van der Waals surface area contributed by atoms with Crippen LogP contribution in [0, 0.1) is 13.8 Å². The summed E-state index contributed by atoms with van der Waals surface area (Å²) in [5, 5.41) is 4.06. The van der Waals surface area contributed by atoms with Crippen molar-refractivity contribution in [1.29, 1.82) is 0 Å². The number of pyridine rings is 1. The summed E-state index contributed by atoms with van der Waals surface area (Å²) in [6.07, 6.45) is 9.37. The fraction of sp³-hybridized carbons (Fsp3) is 0.364. The molecule has 5 nitrogen and oxygen atoms in total. The number of carbonyl (C=O) groups is 1. The molecule has 1 unspecified atom stereocenters. The van der Waals surface area contributed by atoms with E-state index in [9.17, 15) is 4.79 Å². The molecule has 1 saturated heterocycles. The van der Waals surface area contributed by atoms with Gasteiger partial charge in [-0.25, -0.2) is 4.98 Å². The Morgan fingerprint density at radius 1 is 1.21 bits per heavy atom. The molecule has 4 heterocycles. The molecule has 1 amide bonds. The van der Waals surface area contributed by atoms with E-state index in [1.807, 2.05) is 6.20 Å². The third-order valence-electron chi connectivity index (χ3n) is 5.66. The molecule has 0 aliphatic carbocycles.